The number of rotatable bonds is 2. The molecule has 4 heteroatoms. The zero-order valence-corrected chi connectivity index (χ0v) is 8.16. The molecule has 1 fully saturated rings. The number of ether oxygens (including phenoxy) is 1. The maximum absolute atomic E-state index is 11.5. The minimum atomic E-state index is -1.11. The molecule has 0 aromatic heterocycles. The number of carbonyl (C=O) groups excluding carboxylic acids is 1. The molecule has 4 nitrogen and oxygen atoms in total. The van der Waals surface area contributed by atoms with Gasteiger partial charge in [0.15, 0.2) is 6.10 Å². The molecule has 0 bridgehead atoms. The van der Waals surface area contributed by atoms with Gasteiger partial charge in [0, 0.05) is 13.1 Å². The van der Waals surface area contributed by atoms with E-state index in [9.17, 15) is 9.90 Å². The van der Waals surface area contributed by atoms with Gasteiger partial charge in [-0.05, 0) is 5.92 Å². The van der Waals surface area contributed by atoms with Crippen LogP contribution in [0.4, 0.5) is 0 Å². The van der Waals surface area contributed by atoms with Gasteiger partial charge >= 0.3 is 0 Å². The van der Waals surface area contributed by atoms with E-state index in [0.717, 1.165) is 0 Å². The zero-order chi connectivity index (χ0) is 9.84. The maximum Gasteiger partial charge on any atom is 0.255 e. The van der Waals surface area contributed by atoms with Crippen LogP contribution in [0.3, 0.4) is 0 Å². The van der Waals surface area contributed by atoms with Crippen LogP contribution in [-0.2, 0) is 14.6 Å². The van der Waals surface area contributed by atoms with Crippen LogP contribution in [0.5, 0.6) is 0 Å². The third-order valence-corrected chi connectivity index (χ3v) is 2.17. The number of hydrogen-bond acceptors (Lipinski definition) is 2. The second-order valence-electron chi connectivity index (χ2n) is 3.60. The number of morpholine rings is 1. The van der Waals surface area contributed by atoms with E-state index in [1.807, 2.05) is 0 Å². The Kier molecular flexibility index (Phi) is 3.69. The molecule has 0 aliphatic carbocycles. The molecular formula is C9H16NO3. The quantitative estimate of drug-likeness (QED) is 0.622. The molecule has 0 aromatic rings. The average molecular weight is 186 g/mol. The molecule has 1 rings (SSSR count). The first-order valence-corrected chi connectivity index (χ1v) is 4.65. The summed E-state index contributed by atoms with van der Waals surface area (Å²) in [6.45, 7) is 5.77. The standard InChI is InChI=1S/C9H16NO3/c1-7(2)8(11)9(12)10-3-5-13-6-4-10/h7-8H,3-6H2,1-2H3. The molecule has 1 aliphatic heterocycles. The van der Waals surface area contributed by atoms with Crippen molar-refractivity contribution in [3.05, 3.63) is 0 Å². The van der Waals surface area contributed by atoms with Gasteiger partial charge in [0.05, 0.1) is 13.2 Å². The smallest absolute Gasteiger partial charge is 0.255 e. The Balaban J connectivity index is 2.45. The van der Waals surface area contributed by atoms with Gasteiger partial charge in [0.25, 0.3) is 5.91 Å². The van der Waals surface area contributed by atoms with Crippen molar-refractivity contribution in [1.29, 1.82) is 0 Å². The van der Waals surface area contributed by atoms with Gasteiger partial charge < -0.3 is 9.64 Å². The first kappa shape index (κ1) is 10.5. The van der Waals surface area contributed by atoms with Gasteiger partial charge in [-0.1, -0.05) is 13.8 Å². The summed E-state index contributed by atoms with van der Waals surface area (Å²) in [5.74, 6) is -0.409. The molecule has 1 unspecified atom stereocenters. The Bertz CT molecular complexity index is 176. The Labute approximate surface area is 78.5 Å². The molecule has 75 valence electrons. The molecule has 0 saturated carbocycles. The van der Waals surface area contributed by atoms with Crippen LogP contribution in [0.1, 0.15) is 13.8 Å². The summed E-state index contributed by atoms with van der Waals surface area (Å²) < 4.78 is 5.09. The lowest BCUT2D eigenvalue weighted by atomic mass is 10.1. The summed E-state index contributed by atoms with van der Waals surface area (Å²) in [5.41, 5.74) is 0. The third-order valence-electron chi connectivity index (χ3n) is 2.17. The van der Waals surface area contributed by atoms with Crippen molar-refractivity contribution >= 4 is 5.91 Å². The first-order valence-electron chi connectivity index (χ1n) is 4.65. The average Bonchev–Trinajstić information content (AvgIpc) is 2.17. The molecule has 0 spiro atoms. The number of nitrogens with zero attached hydrogens (tertiary/aromatic N) is 1. The van der Waals surface area contributed by atoms with E-state index in [4.69, 9.17) is 4.74 Å². The van der Waals surface area contributed by atoms with E-state index in [2.05, 4.69) is 0 Å². The molecule has 1 aliphatic rings. The molecule has 0 N–H and O–H groups in total. The fraction of sp³-hybridized carbons (Fsp3) is 0.889. The van der Waals surface area contributed by atoms with Crippen molar-refractivity contribution in [3.63, 3.8) is 0 Å². The van der Waals surface area contributed by atoms with Gasteiger partial charge in [-0.2, -0.15) is 0 Å². The molecule has 1 radical (unpaired) electrons. The highest BCUT2D eigenvalue weighted by Crippen LogP contribution is 2.08. The zero-order valence-electron chi connectivity index (χ0n) is 8.16. The lowest BCUT2D eigenvalue weighted by Crippen LogP contribution is -2.46. The summed E-state index contributed by atoms with van der Waals surface area (Å²) >= 11 is 0. The summed E-state index contributed by atoms with van der Waals surface area (Å²) in [4.78, 5) is 13.1. The predicted octanol–water partition coefficient (Wildman–Crippen LogP) is 0.300. The van der Waals surface area contributed by atoms with Gasteiger partial charge in [0.2, 0.25) is 0 Å². The van der Waals surface area contributed by atoms with E-state index in [1.54, 1.807) is 18.7 Å². The van der Waals surface area contributed by atoms with Crippen molar-refractivity contribution in [1.82, 2.24) is 4.90 Å². The molecule has 1 amide bonds. The monoisotopic (exact) mass is 186 g/mol. The van der Waals surface area contributed by atoms with E-state index < -0.39 is 6.10 Å². The highest BCUT2D eigenvalue weighted by molar-refractivity contribution is 5.80. The van der Waals surface area contributed by atoms with Crippen LogP contribution in [0, 0.1) is 5.92 Å². The second kappa shape index (κ2) is 4.58. The minimum Gasteiger partial charge on any atom is -0.378 e. The van der Waals surface area contributed by atoms with Gasteiger partial charge in [-0.3, -0.25) is 4.79 Å². The van der Waals surface area contributed by atoms with Crippen molar-refractivity contribution < 1.29 is 14.6 Å². The third kappa shape index (κ3) is 2.67. The second-order valence-corrected chi connectivity index (χ2v) is 3.60. The maximum atomic E-state index is 11.5. The van der Waals surface area contributed by atoms with E-state index in [1.165, 1.54) is 0 Å². The molecular weight excluding hydrogens is 170 g/mol. The molecule has 0 aromatic carbocycles. The predicted molar refractivity (Wildman–Crippen MR) is 46.7 cm³/mol. The van der Waals surface area contributed by atoms with Crippen molar-refractivity contribution in [2.75, 3.05) is 26.3 Å². The highest BCUT2D eigenvalue weighted by atomic mass is 16.5. The lowest BCUT2D eigenvalue weighted by Gasteiger charge is -2.28. The van der Waals surface area contributed by atoms with Crippen LogP contribution in [-0.4, -0.2) is 43.2 Å². The molecule has 13 heavy (non-hydrogen) atoms. The van der Waals surface area contributed by atoms with Gasteiger partial charge in [0.1, 0.15) is 0 Å². The number of amides is 1. The Morgan fingerprint density at radius 1 is 1.31 bits per heavy atom. The van der Waals surface area contributed by atoms with Crippen LogP contribution >= 0.6 is 0 Å². The van der Waals surface area contributed by atoms with Crippen LogP contribution in [0.15, 0.2) is 0 Å². The van der Waals surface area contributed by atoms with Crippen LogP contribution in [0.25, 0.3) is 0 Å². The highest BCUT2D eigenvalue weighted by Gasteiger charge is 2.27. The normalized spacial score (nSPS) is 20.5. The Morgan fingerprint density at radius 2 is 1.85 bits per heavy atom. The summed E-state index contributed by atoms with van der Waals surface area (Å²) in [6, 6.07) is 0. The van der Waals surface area contributed by atoms with E-state index in [-0.39, 0.29) is 11.8 Å². The van der Waals surface area contributed by atoms with Gasteiger partial charge in [-0.15, -0.1) is 0 Å². The van der Waals surface area contributed by atoms with Crippen LogP contribution in [0.2, 0.25) is 0 Å². The van der Waals surface area contributed by atoms with E-state index in [0.29, 0.717) is 26.3 Å². The summed E-state index contributed by atoms with van der Waals surface area (Å²) in [5, 5.41) is 11.4. The Morgan fingerprint density at radius 3 is 2.31 bits per heavy atom. The fourth-order valence-electron chi connectivity index (χ4n) is 1.25. The largest absolute Gasteiger partial charge is 0.378 e. The van der Waals surface area contributed by atoms with Crippen molar-refractivity contribution in [2.24, 2.45) is 5.92 Å². The first-order chi connectivity index (χ1) is 6.13. The number of carbonyl (C=O) groups is 1. The summed E-state index contributed by atoms with van der Waals surface area (Å²) in [7, 11) is 0. The SMILES string of the molecule is CC(C)C([O])C(=O)N1CCOCC1. The fourth-order valence-corrected chi connectivity index (χ4v) is 1.25. The van der Waals surface area contributed by atoms with Crippen LogP contribution < -0.4 is 0 Å². The minimum absolute atomic E-state index is 0.129. The van der Waals surface area contributed by atoms with Gasteiger partial charge in [-0.25, -0.2) is 5.11 Å². The lowest BCUT2D eigenvalue weighted by molar-refractivity contribution is -0.150. The van der Waals surface area contributed by atoms with E-state index >= 15 is 0 Å². The molecule has 1 atom stereocenters. The van der Waals surface area contributed by atoms with Crippen molar-refractivity contribution in [2.45, 2.75) is 20.0 Å². The molecule has 1 heterocycles. The summed E-state index contributed by atoms with van der Waals surface area (Å²) in [6.07, 6.45) is -1.11. The molecule has 1 saturated heterocycles. The number of hydrogen-bond donors (Lipinski definition) is 0. The topological polar surface area (TPSA) is 49.4 Å². The van der Waals surface area contributed by atoms with Crippen molar-refractivity contribution in [3.8, 4) is 0 Å². The Hall–Kier alpha value is -0.610.